The highest BCUT2D eigenvalue weighted by molar-refractivity contribution is 14.0. The maximum Gasteiger partial charge on any atom is 0.194 e. The lowest BCUT2D eigenvalue weighted by Gasteiger charge is -2.25. The average molecular weight is 472 g/mol. The zero-order chi connectivity index (χ0) is 17.8. The van der Waals surface area contributed by atoms with Gasteiger partial charge in [-0.3, -0.25) is 4.90 Å². The van der Waals surface area contributed by atoms with E-state index in [4.69, 9.17) is 4.99 Å². The van der Waals surface area contributed by atoms with Gasteiger partial charge < -0.3 is 15.3 Å². The third-order valence-electron chi connectivity index (χ3n) is 5.42. The second-order valence-electron chi connectivity index (χ2n) is 7.38. The van der Waals surface area contributed by atoms with Crippen molar-refractivity contribution in [3.8, 4) is 5.75 Å². The van der Waals surface area contributed by atoms with Crippen LogP contribution in [0.4, 0.5) is 0 Å². The molecule has 2 aliphatic heterocycles. The zero-order valence-corrected chi connectivity index (χ0v) is 18.6. The molecule has 0 amide bonds. The Balaban J connectivity index is 0.00000243. The van der Waals surface area contributed by atoms with Crippen LogP contribution in [0, 0.1) is 13.8 Å². The standard InChI is InChI=1S/C20H32N4O.HI/c1-4-21-20(22-13-17-11-15(2)19(25)16(3)12-17)24-10-7-18(14-24)23-8-5-6-9-23;/h11-12,18,25H,4-10,13-14H2,1-3H3,(H,21,22);1H. The third kappa shape index (κ3) is 5.03. The summed E-state index contributed by atoms with van der Waals surface area (Å²) in [5.74, 6) is 1.42. The van der Waals surface area contributed by atoms with Crippen LogP contribution in [0.1, 0.15) is 42.9 Å². The lowest BCUT2D eigenvalue weighted by molar-refractivity contribution is 0.249. The van der Waals surface area contributed by atoms with Crippen molar-refractivity contribution in [2.75, 3.05) is 32.7 Å². The summed E-state index contributed by atoms with van der Waals surface area (Å²) < 4.78 is 0. The number of aliphatic imine (C=N–C) groups is 1. The smallest absolute Gasteiger partial charge is 0.194 e. The van der Waals surface area contributed by atoms with Gasteiger partial charge in [-0.15, -0.1) is 24.0 Å². The molecule has 146 valence electrons. The van der Waals surface area contributed by atoms with Crippen LogP contribution in [0.25, 0.3) is 0 Å². The van der Waals surface area contributed by atoms with Crippen LogP contribution < -0.4 is 5.32 Å². The van der Waals surface area contributed by atoms with Gasteiger partial charge in [-0.05, 0) is 69.8 Å². The van der Waals surface area contributed by atoms with Crippen molar-refractivity contribution in [2.45, 2.75) is 52.6 Å². The van der Waals surface area contributed by atoms with Crippen molar-refractivity contribution >= 4 is 29.9 Å². The monoisotopic (exact) mass is 472 g/mol. The minimum Gasteiger partial charge on any atom is -0.507 e. The molecule has 1 unspecified atom stereocenters. The quantitative estimate of drug-likeness (QED) is 0.402. The Kier molecular flexibility index (Phi) is 8.01. The molecule has 2 N–H and O–H groups in total. The lowest BCUT2D eigenvalue weighted by atomic mass is 10.1. The number of likely N-dealkylation sites (tertiary alicyclic amines) is 2. The topological polar surface area (TPSA) is 51.1 Å². The number of hydrogen-bond acceptors (Lipinski definition) is 3. The number of guanidine groups is 1. The minimum absolute atomic E-state index is 0. The number of phenols is 1. The second-order valence-corrected chi connectivity index (χ2v) is 7.38. The summed E-state index contributed by atoms with van der Waals surface area (Å²) in [4.78, 5) is 9.93. The maximum absolute atomic E-state index is 9.94. The molecule has 5 nitrogen and oxygen atoms in total. The van der Waals surface area contributed by atoms with Gasteiger partial charge in [0.25, 0.3) is 0 Å². The van der Waals surface area contributed by atoms with Gasteiger partial charge in [-0.2, -0.15) is 0 Å². The summed E-state index contributed by atoms with van der Waals surface area (Å²) in [6.07, 6.45) is 3.94. The van der Waals surface area contributed by atoms with Crippen LogP contribution in [0.15, 0.2) is 17.1 Å². The van der Waals surface area contributed by atoms with E-state index in [-0.39, 0.29) is 24.0 Å². The molecule has 0 saturated carbocycles. The fraction of sp³-hybridized carbons (Fsp3) is 0.650. The highest BCUT2D eigenvalue weighted by Gasteiger charge is 2.30. The average Bonchev–Trinajstić information content (AvgIpc) is 3.27. The van der Waals surface area contributed by atoms with E-state index in [9.17, 15) is 5.11 Å². The van der Waals surface area contributed by atoms with Crippen molar-refractivity contribution in [3.05, 3.63) is 28.8 Å². The molecule has 0 aromatic heterocycles. The molecule has 1 aromatic carbocycles. The van der Waals surface area contributed by atoms with E-state index >= 15 is 0 Å². The first-order chi connectivity index (χ1) is 12.1. The highest BCUT2D eigenvalue weighted by Crippen LogP contribution is 2.24. The lowest BCUT2D eigenvalue weighted by Crippen LogP contribution is -2.42. The molecule has 2 fully saturated rings. The summed E-state index contributed by atoms with van der Waals surface area (Å²) in [7, 11) is 0. The van der Waals surface area contributed by atoms with Crippen molar-refractivity contribution in [1.29, 1.82) is 0 Å². The number of aryl methyl sites for hydroxylation is 2. The van der Waals surface area contributed by atoms with Gasteiger partial charge >= 0.3 is 0 Å². The SMILES string of the molecule is CCNC(=NCc1cc(C)c(O)c(C)c1)N1CCC(N2CCCC2)C1.I. The van der Waals surface area contributed by atoms with E-state index in [0.717, 1.165) is 42.3 Å². The van der Waals surface area contributed by atoms with Crippen molar-refractivity contribution in [2.24, 2.45) is 4.99 Å². The maximum atomic E-state index is 9.94. The van der Waals surface area contributed by atoms with Gasteiger partial charge in [-0.1, -0.05) is 12.1 Å². The first-order valence-electron chi connectivity index (χ1n) is 9.65. The fourth-order valence-electron chi connectivity index (χ4n) is 4.07. The summed E-state index contributed by atoms with van der Waals surface area (Å²) in [6.45, 7) is 12.2. The number of hydrogen-bond donors (Lipinski definition) is 2. The van der Waals surface area contributed by atoms with E-state index in [0.29, 0.717) is 18.3 Å². The summed E-state index contributed by atoms with van der Waals surface area (Å²) in [6, 6.07) is 4.75. The Hall–Kier alpha value is -1.02. The summed E-state index contributed by atoms with van der Waals surface area (Å²) >= 11 is 0. The molecular weight excluding hydrogens is 439 g/mol. The van der Waals surface area contributed by atoms with Gasteiger partial charge in [0.2, 0.25) is 0 Å². The fourth-order valence-corrected chi connectivity index (χ4v) is 4.07. The van der Waals surface area contributed by atoms with Gasteiger partial charge in [0.05, 0.1) is 6.54 Å². The van der Waals surface area contributed by atoms with Crippen LogP contribution in [0.5, 0.6) is 5.75 Å². The second kappa shape index (κ2) is 9.78. The van der Waals surface area contributed by atoms with Crippen LogP contribution in [-0.2, 0) is 6.54 Å². The van der Waals surface area contributed by atoms with Crippen LogP contribution in [0.3, 0.4) is 0 Å². The predicted molar refractivity (Wildman–Crippen MR) is 119 cm³/mol. The molecule has 1 aromatic rings. The van der Waals surface area contributed by atoms with Gasteiger partial charge in [-0.25, -0.2) is 4.99 Å². The Morgan fingerprint density at radius 3 is 2.46 bits per heavy atom. The molecule has 2 aliphatic rings. The zero-order valence-electron chi connectivity index (χ0n) is 16.3. The van der Waals surface area contributed by atoms with E-state index < -0.39 is 0 Å². The van der Waals surface area contributed by atoms with Crippen molar-refractivity contribution < 1.29 is 5.11 Å². The molecule has 3 rings (SSSR count). The number of benzene rings is 1. The van der Waals surface area contributed by atoms with Gasteiger partial charge in [0, 0.05) is 25.7 Å². The van der Waals surface area contributed by atoms with E-state index in [1.165, 1.54) is 32.4 Å². The Bertz CT molecular complexity index is 605. The molecule has 1 atom stereocenters. The van der Waals surface area contributed by atoms with Crippen molar-refractivity contribution in [1.82, 2.24) is 15.1 Å². The molecule has 0 spiro atoms. The Labute approximate surface area is 174 Å². The molecule has 0 aliphatic carbocycles. The van der Waals surface area contributed by atoms with Crippen LogP contribution in [-0.4, -0.2) is 59.6 Å². The Morgan fingerprint density at radius 2 is 1.85 bits per heavy atom. The first-order valence-corrected chi connectivity index (χ1v) is 9.65. The van der Waals surface area contributed by atoms with Crippen molar-refractivity contribution in [3.63, 3.8) is 0 Å². The predicted octanol–water partition coefficient (Wildman–Crippen LogP) is 3.26. The number of phenolic OH excluding ortho intramolecular Hbond substituents is 1. The third-order valence-corrected chi connectivity index (χ3v) is 5.42. The van der Waals surface area contributed by atoms with Crippen LogP contribution in [0.2, 0.25) is 0 Å². The normalized spacial score (nSPS) is 21.1. The summed E-state index contributed by atoms with van der Waals surface area (Å²) in [5.41, 5.74) is 2.99. The van der Waals surface area contributed by atoms with Gasteiger partial charge in [0.1, 0.15) is 5.75 Å². The van der Waals surface area contributed by atoms with E-state index in [1.54, 1.807) is 0 Å². The first kappa shape index (κ1) is 21.3. The Morgan fingerprint density at radius 1 is 1.19 bits per heavy atom. The molecular formula is C20H33IN4O. The minimum atomic E-state index is 0. The van der Waals surface area contributed by atoms with E-state index in [1.807, 2.05) is 26.0 Å². The number of nitrogens with one attached hydrogen (secondary N) is 1. The molecule has 6 heteroatoms. The highest BCUT2D eigenvalue weighted by atomic mass is 127. The van der Waals surface area contributed by atoms with E-state index in [2.05, 4.69) is 22.0 Å². The van der Waals surface area contributed by atoms with Gasteiger partial charge in [0.15, 0.2) is 5.96 Å². The molecule has 0 bridgehead atoms. The number of aromatic hydroxyl groups is 1. The molecule has 2 saturated heterocycles. The molecule has 2 heterocycles. The van der Waals surface area contributed by atoms with Crippen LogP contribution >= 0.6 is 24.0 Å². The number of rotatable bonds is 4. The number of nitrogens with zero attached hydrogens (tertiary/aromatic N) is 3. The molecule has 26 heavy (non-hydrogen) atoms. The summed E-state index contributed by atoms with van der Waals surface area (Å²) in [5, 5.41) is 13.4. The largest absolute Gasteiger partial charge is 0.507 e. The molecule has 0 radical (unpaired) electrons. The number of halogens is 1.